The molecule has 0 amide bonds. The number of ketones is 1. The molecule has 2 aromatic carbocycles. The van der Waals surface area contributed by atoms with Gasteiger partial charge in [-0.05, 0) is 24.0 Å². The van der Waals surface area contributed by atoms with Gasteiger partial charge in [0.05, 0.1) is 12.5 Å². The van der Waals surface area contributed by atoms with Gasteiger partial charge < -0.3 is 19.9 Å². The number of nitrogens with two attached hydrogens (primary N) is 1. The second kappa shape index (κ2) is 9.14. The minimum Gasteiger partial charge on any atom is -0.489 e. The number of esters is 1. The van der Waals surface area contributed by atoms with Crippen LogP contribution < -0.4 is 10.5 Å². The summed E-state index contributed by atoms with van der Waals surface area (Å²) in [7, 11) is 0. The fraction of sp³-hybridized carbons (Fsp3) is 0.333. The zero-order valence-corrected chi connectivity index (χ0v) is 19.2. The van der Waals surface area contributed by atoms with Crippen LogP contribution in [0.5, 0.6) is 5.75 Å². The molecule has 6 heteroatoms. The van der Waals surface area contributed by atoms with Gasteiger partial charge in [0.15, 0.2) is 5.78 Å². The monoisotopic (exact) mass is 447 g/mol. The minimum absolute atomic E-state index is 0.0273. The zero-order valence-electron chi connectivity index (χ0n) is 19.2. The molecule has 0 saturated carbocycles. The smallest absolute Gasteiger partial charge is 0.340 e. The Hall–Kier alpha value is -3.54. The van der Waals surface area contributed by atoms with Gasteiger partial charge in [0.1, 0.15) is 23.7 Å². The normalized spacial score (nSPS) is 19.6. The van der Waals surface area contributed by atoms with Crippen molar-refractivity contribution in [2.75, 3.05) is 6.61 Å². The number of benzene rings is 2. The van der Waals surface area contributed by atoms with Crippen LogP contribution >= 0.6 is 0 Å². The molecule has 2 N–H and O–H groups in total. The Balaban J connectivity index is 1.81. The average molecular weight is 448 g/mol. The first-order chi connectivity index (χ1) is 15.8. The van der Waals surface area contributed by atoms with Gasteiger partial charge in [0, 0.05) is 24.0 Å². The molecule has 0 saturated heterocycles. The summed E-state index contributed by atoms with van der Waals surface area (Å²) in [6.07, 6.45) is 0.906. The molecule has 1 heterocycles. The van der Waals surface area contributed by atoms with Crippen molar-refractivity contribution in [3.63, 3.8) is 0 Å². The molecule has 1 unspecified atom stereocenters. The van der Waals surface area contributed by atoms with Crippen LogP contribution in [-0.4, -0.2) is 18.4 Å². The van der Waals surface area contributed by atoms with E-state index in [2.05, 4.69) is 0 Å². The molecule has 0 aromatic heterocycles. The molecule has 4 rings (SSSR count). The lowest BCUT2D eigenvalue weighted by Crippen LogP contribution is -2.35. The van der Waals surface area contributed by atoms with E-state index in [0.717, 1.165) is 5.56 Å². The maximum absolute atomic E-state index is 13.4. The highest BCUT2D eigenvalue weighted by molar-refractivity contribution is 6.03. The summed E-state index contributed by atoms with van der Waals surface area (Å²) in [5.74, 6) is -0.304. The van der Waals surface area contributed by atoms with Crippen molar-refractivity contribution in [2.45, 2.75) is 46.1 Å². The van der Waals surface area contributed by atoms with Crippen molar-refractivity contribution >= 4 is 11.8 Å². The highest BCUT2D eigenvalue weighted by atomic mass is 16.5. The van der Waals surface area contributed by atoms with E-state index in [4.69, 9.17) is 19.9 Å². The Bertz CT molecular complexity index is 1130. The number of hydrogen-bond donors (Lipinski definition) is 1. The van der Waals surface area contributed by atoms with Crippen LogP contribution in [-0.2, 0) is 25.7 Å². The minimum atomic E-state index is -0.719. The van der Waals surface area contributed by atoms with Gasteiger partial charge >= 0.3 is 5.97 Å². The van der Waals surface area contributed by atoms with Crippen molar-refractivity contribution in [3.05, 3.63) is 88.5 Å². The lowest BCUT2D eigenvalue weighted by molar-refractivity contribution is -0.139. The zero-order chi connectivity index (χ0) is 23.6. The maximum atomic E-state index is 13.4. The number of carbonyl (C=O) groups excluding carboxylic acids is 2. The summed E-state index contributed by atoms with van der Waals surface area (Å²) >= 11 is 0. The van der Waals surface area contributed by atoms with Gasteiger partial charge in [-0.3, -0.25) is 4.79 Å². The Morgan fingerprint density at radius 2 is 1.79 bits per heavy atom. The summed E-state index contributed by atoms with van der Waals surface area (Å²) < 4.78 is 17.3. The molecule has 0 spiro atoms. The predicted molar refractivity (Wildman–Crippen MR) is 124 cm³/mol. The van der Waals surface area contributed by atoms with E-state index < -0.39 is 11.9 Å². The Morgan fingerprint density at radius 3 is 2.52 bits per heavy atom. The van der Waals surface area contributed by atoms with Crippen molar-refractivity contribution in [1.82, 2.24) is 0 Å². The van der Waals surface area contributed by atoms with Gasteiger partial charge in [-0.2, -0.15) is 0 Å². The molecule has 2 aromatic rings. The maximum Gasteiger partial charge on any atom is 0.340 e. The van der Waals surface area contributed by atoms with Crippen LogP contribution in [0.4, 0.5) is 0 Å². The summed E-state index contributed by atoms with van der Waals surface area (Å²) in [5, 5.41) is 0. The van der Waals surface area contributed by atoms with Gasteiger partial charge in [-0.15, -0.1) is 0 Å². The summed E-state index contributed by atoms with van der Waals surface area (Å²) in [6.45, 7) is 6.29. The number of para-hydroxylation sites is 1. The number of Topliss-reactive ketones (excluding diaryl/α,β-unsaturated/α-hetero) is 1. The third-order valence-corrected chi connectivity index (χ3v) is 5.92. The van der Waals surface area contributed by atoms with Gasteiger partial charge in [-0.1, -0.05) is 62.4 Å². The number of rotatable bonds is 6. The van der Waals surface area contributed by atoms with Crippen LogP contribution in [0.2, 0.25) is 0 Å². The highest BCUT2D eigenvalue weighted by Crippen LogP contribution is 2.49. The van der Waals surface area contributed by atoms with E-state index in [1.54, 1.807) is 6.92 Å². The van der Waals surface area contributed by atoms with E-state index in [1.807, 2.05) is 68.4 Å². The molecule has 33 heavy (non-hydrogen) atoms. The summed E-state index contributed by atoms with van der Waals surface area (Å²) in [5.41, 5.74) is 8.30. The fourth-order valence-corrected chi connectivity index (χ4v) is 4.49. The Labute approximate surface area is 194 Å². The van der Waals surface area contributed by atoms with Crippen LogP contribution in [0.3, 0.4) is 0 Å². The molecule has 172 valence electrons. The molecule has 0 radical (unpaired) electrons. The quantitative estimate of drug-likeness (QED) is 0.643. The van der Waals surface area contributed by atoms with E-state index >= 15 is 0 Å². The molecule has 1 atom stereocenters. The second-order valence-corrected chi connectivity index (χ2v) is 9.12. The third-order valence-electron chi connectivity index (χ3n) is 5.92. The molecular weight excluding hydrogens is 418 g/mol. The fourth-order valence-electron chi connectivity index (χ4n) is 4.49. The van der Waals surface area contributed by atoms with Crippen molar-refractivity contribution in [3.8, 4) is 5.75 Å². The van der Waals surface area contributed by atoms with E-state index in [-0.39, 0.29) is 29.3 Å². The van der Waals surface area contributed by atoms with E-state index in [1.165, 1.54) is 0 Å². The largest absolute Gasteiger partial charge is 0.489 e. The van der Waals surface area contributed by atoms with Crippen molar-refractivity contribution in [1.29, 1.82) is 0 Å². The highest BCUT2D eigenvalue weighted by Gasteiger charge is 2.45. The number of hydrogen-bond acceptors (Lipinski definition) is 6. The topological polar surface area (TPSA) is 87.9 Å². The molecule has 2 aliphatic rings. The molecule has 0 bridgehead atoms. The predicted octanol–water partition coefficient (Wildman–Crippen LogP) is 4.76. The van der Waals surface area contributed by atoms with Crippen molar-refractivity contribution < 1.29 is 23.8 Å². The third kappa shape index (κ3) is 4.65. The van der Waals surface area contributed by atoms with Gasteiger partial charge in [0.25, 0.3) is 0 Å². The van der Waals surface area contributed by atoms with E-state index in [0.29, 0.717) is 42.1 Å². The molecule has 1 aliphatic carbocycles. The first kappa shape index (κ1) is 22.6. The van der Waals surface area contributed by atoms with Gasteiger partial charge in [-0.25, -0.2) is 4.79 Å². The Morgan fingerprint density at radius 1 is 1.09 bits per heavy atom. The first-order valence-electron chi connectivity index (χ1n) is 11.2. The van der Waals surface area contributed by atoms with Crippen LogP contribution in [0, 0.1) is 5.41 Å². The lowest BCUT2D eigenvalue weighted by atomic mass is 9.70. The average Bonchev–Trinajstić information content (AvgIpc) is 2.77. The standard InChI is InChI=1S/C27H29NO5/c1-4-31-26(30)24-22(23-19(29)14-27(2,3)15-21(23)33-25(24)28)18-12-8-9-13-20(18)32-16-17-10-6-5-7-11-17/h5-13,22H,4,14-16,28H2,1-3H3. The first-order valence-corrected chi connectivity index (χ1v) is 11.2. The molecular formula is C27H29NO5. The number of allylic oxidation sites excluding steroid dienone is 2. The molecule has 1 aliphatic heterocycles. The summed E-state index contributed by atoms with van der Waals surface area (Å²) in [6, 6.07) is 17.2. The lowest BCUT2D eigenvalue weighted by Gasteiger charge is -2.38. The van der Waals surface area contributed by atoms with Crippen molar-refractivity contribution in [2.24, 2.45) is 11.1 Å². The SMILES string of the molecule is CCOC(=O)C1=C(N)OC2=C(C(=O)CC(C)(C)C2)C1c1ccccc1OCc1ccccc1. The van der Waals surface area contributed by atoms with Crippen LogP contribution in [0.15, 0.2) is 77.4 Å². The Kier molecular flexibility index (Phi) is 6.27. The van der Waals surface area contributed by atoms with Crippen LogP contribution in [0.25, 0.3) is 0 Å². The molecule has 0 fully saturated rings. The van der Waals surface area contributed by atoms with E-state index in [9.17, 15) is 9.59 Å². The summed E-state index contributed by atoms with van der Waals surface area (Å²) in [4.78, 5) is 26.3. The van der Waals surface area contributed by atoms with Gasteiger partial charge in [0.2, 0.25) is 5.88 Å². The second-order valence-electron chi connectivity index (χ2n) is 9.12. The number of ether oxygens (including phenoxy) is 3. The van der Waals surface area contributed by atoms with Crippen LogP contribution in [0.1, 0.15) is 50.7 Å². The molecule has 6 nitrogen and oxygen atoms in total. The number of carbonyl (C=O) groups is 2.